The maximum Gasteiger partial charge on any atom is 0.160 e. The fourth-order valence-electron chi connectivity index (χ4n) is 2.55. The summed E-state index contributed by atoms with van der Waals surface area (Å²) in [4.78, 5) is 0. The zero-order valence-electron chi connectivity index (χ0n) is 22.2. The van der Waals surface area contributed by atoms with Crippen LogP contribution in [0, 0.1) is 40.7 Å². The van der Waals surface area contributed by atoms with E-state index in [2.05, 4.69) is 0 Å². The molecule has 5 aromatic carbocycles. The van der Waals surface area contributed by atoms with Crippen LogP contribution in [0.4, 0.5) is 59.2 Å². The Kier molecular flexibility index (Phi) is 15.3. The number of rotatable bonds is 0. The zero-order valence-corrected chi connectivity index (χ0v) is 23.0. The highest BCUT2D eigenvalue weighted by molar-refractivity contribution is 6.30. The molecule has 13 heteroatoms. The van der Waals surface area contributed by atoms with Gasteiger partial charge < -0.3 is 28.7 Å². The number of benzene rings is 5. The van der Waals surface area contributed by atoms with Crippen LogP contribution in [0.5, 0.6) is 0 Å². The Morgan fingerprint density at radius 2 is 0.674 bits per heavy atom. The summed E-state index contributed by atoms with van der Waals surface area (Å²) >= 11 is 5.56. The van der Waals surface area contributed by atoms with Crippen LogP contribution in [0.1, 0.15) is 0 Å². The molecule has 0 radical (unpaired) electrons. The Balaban J connectivity index is 0.000000269. The summed E-state index contributed by atoms with van der Waals surface area (Å²) in [6.45, 7) is 0. The summed E-state index contributed by atoms with van der Waals surface area (Å²) in [5.41, 5.74) is 27.8. The van der Waals surface area contributed by atoms with Crippen LogP contribution in [0.3, 0.4) is 0 Å². The third kappa shape index (κ3) is 15.5. The SMILES string of the molecule is Nc1ccc(F)c(F)c1.Nc1ccc(F)c(F)c1.Nc1ccc(F)c(F)c1.Nc1cccc(Cl)c1.Nc1cccc(F)c1. The van der Waals surface area contributed by atoms with Crippen molar-refractivity contribution < 1.29 is 30.7 Å². The Bertz CT molecular complexity index is 1390. The minimum atomic E-state index is -0.907. The van der Waals surface area contributed by atoms with E-state index in [1.165, 1.54) is 30.3 Å². The van der Waals surface area contributed by atoms with Crippen molar-refractivity contribution in [1.82, 2.24) is 0 Å². The van der Waals surface area contributed by atoms with Gasteiger partial charge in [-0.3, -0.25) is 0 Å². The predicted octanol–water partition coefficient (Wildman–Crippen LogP) is 7.97. The van der Waals surface area contributed by atoms with E-state index in [9.17, 15) is 30.7 Å². The first-order valence-corrected chi connectivity index (χ1v) is 12.2. The Morgan fingerprint density at radius 3 is 0.884 bits per heavy atom. The molecule has 0 amide bonds. The van der Waals surface area contributed by atoms with Gasteiger partial charge in [0.25, 0.3) is 0 Å². The van der Waals surface area contributed by atoms with Crippen molar-refractivity contribution in [2.24, 2.45) is 0 Å². The second-order valence-corrected chi connectivity index (χ2v) is 8.57. The number of nitrogen functional groups attached to an aromatic ring is 5. The molecule has 0 atom stereocenters. The number of nitrogens with two attached hydrogens (primary N) is 5. The molecule has 0 saturated carbocycles. The summed E-state index contributed by atoms with van der Waals surface area (Å²) in [5.74, 6) is -5.62. The molecular weight excluding hydrogens is 599 g/mol. The lowest BCUT2D eigenvalue weighted by Gasteiger charge is -1.91. The van der Waals surface area contributed by atoms with E-state index in [0.717, 1.165) is 36.4 Å². The Hall–Kier alpha value is -5.10. The quantitative estimate of drug-likeness (QED) is 0.0880. The van der Waals surface area contributed by atoms with E-state index >= 15 is 0 Å². The molecule has 0 aliphatic rings. The molecule has 0 heterocycles. The standard InChI is InChI=1S/C6H6ClN.3C6H5F2N.C6H6FN/c7-5-2-1-3-6(8)4-5;3*7-5-2-1-4(9)3-6(5)8;7-5-2-1-3-6(8)4-5/h1-4H,8H2;3*1-3H,9H2;1-4H,8H2. The van der Waals surface area contributed by atoms with Crippen molar-refractivity contribution in [3.63, 3.8) is 0 Å². The van der Waals surface area contributed by atoms with Gasteiger partial charge in [0, 0.05) is 33.5 Å². The summed E-state index contributed by atoms with van der Waals surface area (Å²) in [6, 6.07) is 22.7. The molecule has 5 aromatic rings. The predicted molar refractivity (Wildman–Crippen MR) is 159 cm³/mol. The van der Waals surface area contributed by atoms with Crippen LogP contribution in [0.25, 0.3) is 0 Å². The average Bonchev–Trinajstić information content (AvgIpc) is 2.92. The van der Waals surface area contributed by atoms with Gasteiger partial charge >= 0.3 is 0 Å². The van der Waals surface area contributed by atoms with Gasteiger partial charge in [0.2, 0.25) is 0 Å². The van der Waals surface area contributed by atoms with E-state index in [1.807, 2.05) is 6.07 Å². The minimum absolute atomic E-state index is 0.230. The average molecular weight is 626 g/mol. The molecule has 10 N–H and O–H groups in total. The van der Waals surface area contributed by atoms with Gasteiger partial charge in [0.1, 0.15) is 5.82 Å². The molecule has 0 aliphatic carbocycles. The third-order valence-corrected chi connectivity index (χ3v) is 4.76. The van der Waals surface area contributed by atoms with E-state index in [-0.39, 0.29) is 22.9 Å². The first kappa shape index (κ1) is 35.9. The van der Waals surface area contributed by atoms with Crippen molar-refractivity contribution in [3.05, 3.63) is 149 Å². The number of anilines is 5. The van der Waals surface area contributed by atoms with Gasteiger partial charge in [-0.15, -0.1) is 0 Å². The molecule has 0 unspecified atom stereocenters. The van der Waals surface area contributed by atoms with Gasteiger partial charge in [0.15, 0.2) is 34.9 Å². The number of hydrogen-bond donors (Lipinski definition) is 5. The van der Waals surface area contributed by atoms with Crippen LogP contribution in [-0.4, -0.2) is 0 Å². The topological polar surface area (TPSA) is 130 Å². The van der Waals surface area contributed by atoms with E-state index in [1.54, 1.807) is 30.3 Å². The number of hydrogen-bond acceptors (Lipinski definition) is 5. The van der Waals surface area contributed by atoms with Crippen molar-refractivity contribution in [2.45, 2.75) is 0 Å². The van der Waals surface area contributed by atoms with E-state index in [0.29, 0.717) is 16.4 Å². The fourth-order valence-corrected chi connectivity index (χ4v) is 2.75. The minimum Gasteiger partial charge on any atom is -0.399 e. The van der Waals surface area contributed by atoms with Crippen molar-refractivity contribution in [1.29, 1.82) is 0 Å². The van der Waals surface area contributed by atoms with Crippen LogP contribution >= 0.6 is 11.6 Å². The Labute approximate surface area is 248 Å². The van der Waals surface area contributed by atoms with Gasteiger partial charge in [-0.1, -0.05) is 23.7 Å². The van der Waals surface area contributed by atoms with E-state index < -0.39 is 34.9 Å². The Morgan fingerprint density at radius 1 is 0.349 bits per heavy atom. The lowest BCUT2D eigenvalue weighted by molar-refractivity contribution is 0.509. The highest BCUT2D eigenvalue weighted by Gasteiger charge is 1.99. The highest BCUT2D eigenvalue weighted by Crippen LogP contribution is 2.12. The van der Waals surface area contributed by atoms with Crippen LogP contribution in [0.15, 0.2) is 103 Å². The first-order valence-electron chi connectivity index (χ1n) is 11.8. The second-order valence-electron chi connectivity index (χ2n) is 8.13. The van der Waals surface area contributed by atoms with Crippen LogP contribution in [0.2, 0.25) is 5.02 Å². The van der Waals surface area contributed by atoms with Crippen LogP contribution in [-0.2, 0) is 0 Å². The third-order valence-electron chi connectivity index (χ3n) is 4.53. The van der Waals surface area contributed by atoms with Crippen molar-refractivity contribution in [2.75, 3.05) is 28.7 Å². The molecule has 228 valence electrons. The van der Waals surface area contributed by atoms with Gasteiger partial charge in [-0.05, 0) is 91.0 Å². The molecular formula is C30H27ClF7N5. The molecule has 43 heavy (non-hydrogen) atoms. The highest BCUT2D eigenvalue weighted by atomic mass is 35.5. The summed E-state index contributed by atoms with van der Waals surface area (Å²) in [5, 5.41) is 0.685. The summed E-state index contributed by atoms with van der Waals surface area (Å²) in [7, 11) is 0. The fraction of sp³-hybridized carbons (Fsp3) is 0. The molecule has 0 fully saturated rings. The molecule has 0 bridgehead atoms. The molecule has 0 saturated heterocycles. The van der Waals surface area contributed by atoms with Gasteiger partial charge in [-0.25, -0.2) is 30.7 Å². The lowest BCUT2D eigenvalue weighted by Crippen LogP contribution is -1.88. The van der Waals surface area contributed by atoms with E-state index in [4.69, 9.17) is 40.3 Å². The largest absolute Gasteiger partial charge is 0.399 e. The molecule has 0 aliphatic heterocycles. The molecule has 5 rings (SSSR count). The molecule has 5 nitrogen and oxygen atoms in total. The monoisotopic (exact) mass is 625 g/mol. The van der Waals surface area contributed by atoms with Gasteiger partial charge in [-0.2, -0.15) is 0 Å². The summed E-state index contributed by atoms with van der Waals surface area (Å²) < 4.78 is 84.7. The molecule has 0 spiro atoms. The zero-order chi connectivity index (χ0) is 32.5. The maximum absolute atomic E-state index is 12.1. The maximum atomic E-state index is 12.1. The number of halogens is 8. The van der Waals surface area contributed by atoms with Crippen LogP contribution < -0.4 is 28.7 Å². The summed E-state index contributed by atoms with van der Waals surface area (Å²) in [6.07, 6.45) is 0. The normalized spacial score (nSPS) is 9.40. The molecule has 0 aromatic heterocycles. The smallest absolute Gasteiger partial charge is 0.160 e. The first-order chi connectivity index (χ1) is 20.2. The second kappa shape index (κ2) is 18.4. The van der Waals surface area contributed by atoms with Crippen molar-refractivity contribution in [3.8, 4) is 0 Å². The van der Waals surface area contributed by atoms with Gasteiger partial charge in [0.05, 0.1) is 0 Å². The lowest BCUT2D eigenvalue weighted by atomic mass is 10.3. The van der Waals surface area contributed by atoms with Crippen molar-refractivity contribution >= 4 is 40.0 Å².